The number of nitrogens with zero attached hydrogens (tertiary/aromatic N) is 3. The quantitative estimate of drug-likeness (QED) is 0.654. The minimum atomic E-state index is -0.850. The molecular weight excluding hydrogens is 204 g/mol. The molecule has 1 aliphatic rings. The zero-order valence-electron chi connectivity index (χ0n) is 8.28. The molecule has 0 unspecified atom stereocenters. The standard InChI is InChI=1S/C9H11F2N3O/c1-6-5-14(2-3-15-6)9-12-7(10)4-8(11)13-9/h4,6H,2-3,5H2,1H3/t6-/m0/s1. The fraction of sp³-hybridized carbons (Fsp3) is 0.556. The van der Waals surface area contributed by atoms with E-state index < -0.39 is 11.9 Å². The third kappa shape index (κ3) is 2.38. The largest absolute Gasteiger partial charge is 0.375 e. The Kier molecular flexibility index (Phi) is 2.77. The van der Waals surface area contributed by atoms with Gasteiger partial charge in [0.2, 0.25) is 17.8 Å². The van der Waals surface area contributed by atoms with Crippen molar-refractivity contribution in [2.75, 3.05) is 24.6 Å². The third-order valence-corrected chi connectivity index (χ3v) is 2.18. The Bertz CT molecular complexity index is 341. The fourth-order valence-electron chi connectivity index (χ4n) is 1.52. The van der Waals surface area contributed by atoms with Crippen LogP contribution in [-0.2, 0) is 4.74 Å². The molecule has 0 spiro atoms. The van der Waals surface area contributed by atoms with Crippen molar-refractivity contribution in [2.45, 2.75) is 13.0 Å². The lowest BCUT2D eigenvalue weighted by Gasteiger charge is -2.30. The third-order valence-electron chi connectivity index (χ3n) is 2.18. The van der Waals surface area contributed by atoms with E-state index in [0.29, 0.717) is 25.8 Å². The van der Waals surface area contributed by atoms with Crippen LogP contribution in [-0.4, -0.2) is 35.8 Å². The highest BCUT2D eigenvalue weighted by Gasteiger charge is 2.20. The maximum atomic E-state index is 12.8. The van der Waals surface area contributed by atoms with Crippen molar-refractivity contribution in [3.63, 3.8) is 0 Å². The average Bonchev–Trinajstić information content (AvgIpc) is 2.16. The summed E-state index contributed by atoms with van der Waals surface area (Å²) < 4.78 is 31.0. The summed E-state index contributed by atoms with van der Waals surface area (Å²) in [5, 5.41) is 0. The van der Waals surface area contributed by atoms with Crippen LogP contribution < -0.4 is 4.90 Å². The van der Waals surface area contributed by atoms with Gasteiger partial charge >= 0.3 is 0 Å². The van der Waals surface area contributed by atoms with E-state index in [0.717, 1.165) is 0 Å². The second-order valence-corrected chi connectivity index (χ2v) is 3.44. The molecule has 1 aromatic rings. The Balaban J connectivity index is 2.20. The molecule has 1 saturated heterocycles. The van der Waals surface area contributed by atoms with Crippen LogP contribution in [0.25, 0.3) is 0 Å². The maximum Gasteiger partial charge on any atom is 0.230 e. The number of halogens is 2. The highest BCUT2D eigenvalue weighted by Crippen LogP contribution is 2.13. The Labute approximate surface area is 85.9 Å². The van der Waals surface area contributed by atoms with Gasteiger partial charge in [-0.1, -0.05) is 0 Å². The Hall–Kier alpha value is -1.30. The van der Waals surface area contributed by atoms with E-state index in [1.54, 1.807) is 4.90 Å². The lowest BCUT2D eigenvalue weighted by Crippen LogP contribution is -2.42. The Morgan fingerprint density at radius 1 is 1.40 bits per heavy atom. The van der Waals surface area contributed by atoms with E-state index in [-0.39, 0.29) is 12.1 Å². The second kappa shape index (κ2) is 4.06. The molecule has 82 valence electrons. The van der Waals surface area contributed by atoms with Gasteiger partial charge in [-0.2, -0.15) is 18.7 Å². The van der Waals surface area contributed by atoms with Gasteiger partial charge in [0.05, 0.1) is 12.7 Å². The first-order chi connectivity index (χ1) is 7.15. The molecule has 1 aromatic heterocycles. The number of aromatic nitrogens is 2. The van der Waals surface area contributed by atoms with Crippen LogP contribution in [0.1, 0.15) is 6.92 Å². The van der Waals surface area contributed by atoms with Crippen molar-refractivity contribution >= 4 is 5.95 Å². The number of morpholine rings is 1. The van der Waals surface area contributed by atoms with E-state index in [2.05, 4.69) is 9.97 Å². The molecule has 0 amide bonds. The number of hydrogen-bond acceptors (Lipinski definition) is 4. The molecule has 0 saturated carbocycles. The maximum absolute atomic E-state index is 12.8. The zero-order valence-corrected chi connectivity index (χ0v) is 8.28. The molecule has 15 heavy (non-hydrogen) atoms. The van der Waals surface area contributed by atoms with Crippen molar-refractivity contribution in [3.8, 4) is 0 Å². The van der Waals surface area contributed by atoms with E-state index in [1.807, 2.05) is 6.92 Å². The van der Waals surface area contributed by atoms with E-state index in [4.69, 9.17) is 4.74 Å². The summed E-state index contributed by atoms with van der Waals surface area (Å²) in [6.45, 7) is 3.50. The highest BCUT2D eigenvalue weighted by molar-refractivity contribution is 5.29. The van der Waals surface area contributed by atoms with Gasteiger partial charge in [0.1, 0.15) is 0 Å². The molecule has 1 aliphatic heterocycles. The normalized spacial score (nSPS) is 21.8. The van der Waals surface area contributed by atoms with Crippen molar-refractivity contribution in [2.24, 2.45) is 0 Å². The SMILES string of the molecule is C[C@H]1CN(c2nc(F)cc(F)n2)CCO1. The molecular formula is C9H11F2N3O. The molecule has 4 nitrogen and oxygen atoms in total. The number of ether oxygens (including phenoxy) is 1. The topological polar surface area (TPSA) is 38.2 Å². The smallest absolute Gasteiger partial charge is 0.230 e. The monoisotopic (exact) mass is 215 g/mol. The van der Waals surface area contributed by atoms with Gasteiger partial charge in [-0.25, -0.2) is 0 Å². The van der Waals surface area contributed by atoms with Gasteiger partial charge in [0.15, 0.2) is 0 Å². The molecule has 2 rings (SSSR count). The van der Waals surface area contributed by atoms with Gasteiger partial charge in [-0.15, -0.1) is 0 Å². The second-order valence-electron chi connectivity index (χ2n) is 3.44. The summed E-state index contributed by atoms with van der Waals surface area (Å²) in [5.74, 6) is -1.61. The lowest BCUT2D eigenvalue weighted by molar-refractivity contribution is 0.0525. The van der Waals surface area contributed by atoms with Gasteiger partial charge < -0.3 is 9.64 Å². The first-order valence-electron chi connectivity index (χ1n) is 4.72. The molecule has 6 heteroatoms. The van der Waals surface area contributed by atoms with Gasteiger partial charge in [0.25, 0.3) is 0 Å². The van der Waals surface area contributed by atoms with Crippen LogP contribution >= 0.6 is 0 Å². The van der Waals surface area contributed by atoms with E-state index >= 15 is 0 Å². The van der Waals surface area contributed by atoms with Crippen LogP contribution in [0.4, 0.5) is 14.7 Å². The summed E-state index contributed by atoms with van der Waals surface area (Å²) >= 11 is 0. The summed E-state index contributed by atoms with van der Waals surface area (Å²) in [7, 11) is 0. The first kappa shape index (κ1) is 10.2. The van der Waals surface area contributed by atoms with Crippen molar-refractivity contribution in [3.05, 3.63) is 18.0 Å². The lowest BCUT2D eigenvalue weighted by atomic mass is 10.3. The average molecular weight is 215 g/mol. The predicted octanol–water partition coefficient (Wildman–Crippen LogP) is 0.980. The molecule has 1 atom stereocenters. The zero-order chi connectivity index (χ0) is 10.8. The van der Waals surface area contributed by atoms with E-state index in [1.165, 1.54) is 0 Å². The van der Waals surface area contributed by atoms with Gasteiger partial charge in [0, 0.05) is 19.2 Å². The van der Waals surface area contributed by atoms with Crippen LogP contribution in [0.3, 0.4) is 0 Å². The highest BCUT2D eigenvalue weighted by atomic mass is 19.1. The van der Waals surface area contributed by atoms with E-state index in [9.17, 15) is 8.78 Å². The van der Waals surface area contributed by atoms with Gasteiger partial charge in [-0.05, 0) is 6.92 Å². The summed E-state index contributed by atoms with van der Waals surface area (Å²) in [6.07, 6.45) is 0.0219. The molecule has 0 bridgehead atoms. The first-order valence-corrected chi connectivity index (χ1v) is 4.72. The molecule has 0 aliphatic carbocycles. The number of rotatable bonds is 1. The van der Waals surface area contributed by atoms with Crippen LogP contribution in [0.5, 0.6) is 0 Å². The summed E-state index contributed by atoms with van der Waals surface area (Å²) in [5.41, 5.74) is 0. The van der Waals surface area contributed by atoms with Gasteiger partial charge in [-0.3, -0.25) is 0 Å². The van der Waals surface area contributed by atoms with Crippen molar-refractivity contribution in [1.29, 1.82) is 0 Å². The minimum absolute atomic E-state index is 0.0219. The molecule has 0 N–H and O–H groups in total. The Morgan fingerprint density at radius 2 is 2.07 bits per heavy atom. The summed E-state index contributed by atoms with van der Waals surface area (Å²) in [6, 6.07) is 0.660. The Morgan fingerprint density at radius 3 is 2.67 bits per heavy atom. The van der Waals surface area contributed by atoms with Crippen molar-refractivity contribution in [1.82, 2.24) is 9.97 Å². The molecule has 1 fully saturated rings. The molecule has 0 aromatic carbocycles. The van der Waals surface area contributed by atoms with Crippen molar-refractivity contribution < 1.29 is 13.5 Å². The van der Waals surface area contributed by atoms with Crippen LogP contribution in [0, 0.1) is 11.9 Å². The predicted molar refractivity (Wildman–Crippen MR) is 49.6 cm³/mol. The fourth-order valence-corrected chi connectivity index (χ4v) is 1.52. The summed E-state index contributed by atoms with van der Waals surface area (Å²) in [4.78, 5) is 8.80. The van der Waals surface area contributed by atoms with Crippen LogP contribution in [0.2, 0.25) is 0 Å². The molecule has 0 radical (unpaired) electrons. The minimum Gasteiger partial charge on any atom is -0.375 e. The molecule has 2 heterocycles. The van der Waals surface area contributed by atoms with Crippen LogP contribution in [0.15, 0.2) is 6.07 Å². The number of hydrogen-bond donors (Lipinski definition) is 0. The number of anilines is 1.